The summed E-state index contributed by atoms with van der Waals surface area (Å²) >= 11 is 8.99. The zero-order valence-electron chi connectivity index (χ0n) is 34.4. The number of benzene rings is 2. The van der Waals surface area contributed by atoms with E-state index >= 15 is 0 Å². The van der Waals surface area contributed by atoms with Crippen LogP contribution in [-0.2, 0) is 24.8 Å². The average Bonchev–Trinajstić information content (AvgIpc) is 3.64. The van der Waals surface area contributed by atoms with Crippen molar-refractivity contribution in [2.75, 3.05) is 37.7 Å². The number of nitrogens with one attached hydrogen (secondary N) is 2. The Morgan fingerprint density at radius 2 is 1.55 bits per heavy atom. The van der Waals surface area contributed by atoms with Gasteiger partial charge < -0.3 is 34.5 Å². The number of esters is 1. The van der Waals surface area contributed by atoms with E-state index in [0.29, 0.717) is 56.0 Å². The summed E-state index contributed by atoms with van der Waals surface area (Å²) in [5.41, 5.74) is 2.12. The van der Waals surface area contributed by atoms with E-state index in [0.717, 1.165) is 35.8 Å². The number of carbonyl (C=O) groups is 3. The molecule has 0 bridgehead atoms. The molecule has 3 heterocycles. The van der Waals surface area contributed by atoms with Gasteiger partial charge in [0.1, 0.15) is 69.8 Å². The molecule has 2 N–H and O–H groups in total. The summed E-state index contributed by atoms with van der Waals surface area (Å²) in [6.07, 6.45) is 0.118. The number of carbonyl (C=O) groups excluding carboxylic acids is 3. The Morgan fingerprint density at radius 1 is 0.900 bits per heavy atom. The first-order valence-electron chi connectivity index (χ1n) is 19.4. The summed E-state index contributed by atoms with van der Waals surface area (Å²) in [5, 5.41) is 30.1. The molecule has 0 radical (unpaired) electrons. The molecular formula is C43H48ClN7O7S2. The van der Waals surface area contributed by atoms with Crippen LogP contribution in [0.3, 0.4) is 0 Å². The molecule has 0 spiro atoms. The lowest BCUT2D eigenvalue weighted by Gasteiger charge is -2.33. The highest BCUT2D eigenvalue weighted by atomic mass is 35.5. The summed E-state index contributed by atoms with van der Waals surface area (Å²) in [6, 6.07) is 18.1. The van der Waals surface area contributed by atoms with E-state index in [1.165, 1.54) is 23.1 Å². The number of nitrogens with zero attached hydrogens (tertiary/aromatic N) is 5. The van der Waals surface area contributed by atoms with E-state index in [1.54, 1.807) is 65.8 Å². The Morgan fingerprint density at radius 3 is 2.17 bits per heavy atom. The summed E-state index contributed by atoms with van der Waals surface area (Å²) in [5.74, 6) is 0.791. The molecule has 5 rings (SSSR count). The lowest BCUT2D eigenvalue weighted by Crippen LogP contribution is -2.45. The van der Waals surface area contributed by atoms with E-state index < -0.39 is 35.4 Å². The number of rotatable bonds is 16. The highest BCUT2D eigenvalue weighted by Gasteiger charge is 2.28. The number of amides is 2. The first kappa shape index (κ1) is 45.5. The van der Waals surface area contributed by atoms with Gasteiger partial charge in [-0.05, 0) is 90.6 Å². The van der Waals surface area contributed by atoms with Crippen LogP contribution in [0.15, 0.2) is 58.9 Å². The van der Waals surface area contributed by atoms with Crippen LogP contribution in [0.4, 0.5) is 15.4 Å². The standard InChI is InChI=1S/C43H48ClN7O7S2/c1-42(2,3)57-40(53)47-18-7-9-34(49-41(54)58-43(4,5)6)39(52)56-22-21-55-31-16-12-27(13-17-31)35-32(23-45)36(51-19-8-20-51)50-38(33(35)24-46)60-26-30-25-59-37(48-30)28-10-14-29(44)15-11-28/h10-17,25,34H,7-9,18-22,26H2,1-6H3,(H,47,53)(H,49,54)/t34-/m0/s1. The molecule has 1 saturated heterocycles. The molecular weight excluding hydrogens is 826 g/mol. The highest BCUT2D eigenvalue weighted by molar-refractivity contribution is 7.98. The quantitative estimate of drug-likeness (QED) is 0.0470. The summed E-state index contributed by atoms with van der Waals surface area (Å²) in [7, 11) is 0. The molecule has 17 heteroatoms. The Labute approximate surface area is 363 Å². The van der Waals surface area contributed by atoms with Crippen LogP contribution in [-0.4, -0.2) is 78.2 Å². The highest BCUT2D eigenvalue weighted by Crippen LogP contribution is 2.40. The molecule has 60 heavy (non-hydrogen) atoms. The summed E-state index contributed by atoms with van der Waals surface area (Å²) in [6.45, 7) is 12.0. The van der Waals surface area contributed by atoms with Crippen LogP contribution >= 0.6 is 34.7 Å². The minimum absolute atomic E-state index is 0.00282. The van der Waals surface area contributed by atoms with Crippen LogP contribution < -0.4 is 20.3 Å². The van der Waals surface area contributed by atoms with Gasteiger partial charge in [0.2, 0.25) is 0 Å². The Balaban J connectivity index is 1.23. The predicted molar refractivity (Wildman–Crippen MR) is 231 cm³/mol. The van der Waals surface area contributed by atoms with Gasteiger partial charge in [0, 0.05) is 46.9 Å². The van der Waals surface area contributed by atoms with E-state index in [-0.39, 0.29) is 26.2 Å². The van der Waals surface area contributed by atoms with Crippen molar-refractivity contribution in [2.45, 2.75) is 88.8 Å². The van der Waals surface area contributed by atoms with Crippen LogP contribution in [0.1, 0.15) is 77.6 Å². The largest absolute Gasteiger partial charge is 0.490 e. The van der Waals surface area contributed by atoms with Crippen molar-refractivity contribution in [1.82, 2.24) is 20.6 Å². The van der Waals surface area contributed by atoms with Crippen molar-refractivity contribution < 1.29 is 33.3 Å². The molecule has 1 fully saturated rings. The maximum Gasteiger partial charge on any atom is 0.408 e. The molecule has 0 saturated carbocycles. The summed E-state index contributed by atoms with van der Waals surface area (Å²) in [4.78, 5) is 49.3. The number of thioether (sulfide) groups is 1. The van der Waals surface area contributed by atoms with Crippen molar-refractivity contribution in [1.29, 1.82) is 10.5 Å². The number of hydrogen-bond acceptors (Lipinski definition) is 14. The zero-order valence-corrected chi connectivity index (χ0v) is 36.8. The van der Waals surface area contributed by atoms with E-state index in [1.807, 2.05) is 34.5 Å². The van der Waals surface area contributed by atoms with Crippen molar-refractivity contribution in [3.8, 4) is 39.6 Å². The number of halogens is 1. The Hall–Kier alpha value is -5.55. The third-order valence-corrected chi connectivity index (χ3v) is 10.8. The number of nitriles is 2. The van der Waals surface area contributed by atoms with Crippen LogP contribution in [0, 0.1) is 22.7 Å². The number of aromatic nitrogens is 2. The third kappa shape index (κ3) is 13.2. The fraction of sp³-hybridized carbons (Fsp3) is 0.419. The normalized spacial score (nSPS) is 12.9. The lowest BCUT2D eigenvalue weighted by molar-refractivity contribution is -0.147. The smallest absolute Gasteiger partial charge is 0.408 e. The Kier molecular flexibility index (Phi) is 15.6. The monoisotopic (exact) mass is 873 g/mol. The molecule has 316 valence electrons. The SMILES string of the molecule is CC(C)(C)OC(=O)NCCC[C@H](NC(=O)OC(C)(C)C)C(=O)OCCOc1ccc(-c2c(C#N)c(SCc3csc(-c4ccc(Cl)cc4)n3)nc(N3CCC3)c2C#N)cc1. The predicted octanol–water partition coefficient (Wildman–Crippen LogP) is 8.89. The van der Waals surface area contributed by atoms with Gasteiger partial charge in [-0.2, -0.15) is 10.5 Å². The van der Waals surface area contributed by atoms with Gasteiger partial charge in [-0.25, -0.2) is 24.4 Å². The van der Waals surface area contributed by atoms with Gasteiger partial charge in [-0.1, -0.05) is 47.6 Å². The molecule has 2 aromatic carbocycles. The molecule has 1 atom stereocenters. The molecule has 0 aliphatic carbocycles. The first-order chi connectivity index (χ1) is 28.5. The van der Waals surface area contributed by atoms with Crippen molar-refractivity contribution >= 4 is 58.7 Å². The van der Waals surface area contributed by atoms with Crippen molar-refractivity contribution in [2.24, 2.45) is 0 Å². The summed E-state index contributed by atoms with van der Waals surface area (Å²) < 4.78 is 21.9. The second-order valence-electron chi connectivity index (χ2n) is 15.7. The number of thiazole rings is 1. The minimum Gasteiger partial charge on any atom is -0.490 e. The number of ether oxygens (including phenoxy) is 4. The number of hydrogen-bond donors (Lipinski definition) is 2. The van der Waals surface area contributed by atoms with Crippen LogP contribution in [0.5, 0.6) is 5.75 Å². The Bertz CT molecular complexity index is 2220. The van der Waals surface area contributed by atoms with E-state index in [4.69, 9.17) is 40.5 Å². The lowest BCUT2D eigenvalue weighted by atomic mass is 9.96. The molecule has 4 aromatic rings. The number of pyridine rings is 1. The van der Waals surface area contributed by atoms with Crippen molar-refractivity contribution in [3.05, 3.63) is 75.8 Å². The number of alkyl carbamates (subject to hydrolysis) is 2. The van der Waals surface area contributed by atoms with E-state index in [2.05, 4.69) is 22.8 Å². The molecule has 2 aromatic heterocycles. The fourth-order valence-corrected chi connectivity index (χ4v) is 7.71. The maximum atomic E-state index is 13.1. The molecule has 2 amide bonds. The molecule has 1 aliphatic rings. The minimum atomic E-state index is -1.04. The van der Waals surface area contributed by atoms with Gasteiger partial charge >= 0.3 is 18.2 Å². The van der Waals surface area contributed by atoms with Gasteiger partial charge in [-0.15, -0.1) is 11.3 Å². The first-order valence-corrected chi connectivity index (χ1v) is 21.6. The molecule has 14 nitrogen and oxygen atoms in total. The molecule has 0 unspecified atom stereocenters. The van der Waals surface area contributed by atoms with Gasteiger partial charge in [0.15, 0.2) is 0 Å². The second kappa shape index (κ2) is 20.6. The van der Waals surface area contributed by atoms with Crippen LogP contribution in [0.25, 0.3) is 21.7 Å². The third-order valence-electron chi connectivity index (χ3n) is 8.58. The van der Waals surface area contributed by atoms with Gasteiger partial charge in [0.05, 0.1) is 11.3 Å². The maximum absolute atomic E-state index is 13.1. The average molecular weight is 874 g/mol. The van der Waals surface area contributed by atoms with Gasteiger partial charge in [-0.3, -0.25) is 0 Å². The van der Waals surface area contributed by atoms with Crippen LogP contribution in [0.2, 0.25) is 5.02 Å². The van der Waals surface area contributed by atoms with Gasteiger partial charge in [0.25, 0.3) is 0 Å². The zero-order chi connectivity index (χ0) is 43.5. The topological polar surface area (TPSA) is 189 Å². The second-order valence-corrected chi connectivity index (χ2v) is 17.9. The van der Waals surface area contributed by atoms with E-state index in [9.17, 15) is 24.9 Å². The fourth-order valence-electron chi connectivity index (χ4n) is 5.78. The van der Waals surface area contributed by atoms with Crippen molar-refractivity contribution in [3.63, 3.8) is 0 Å². The molecule has 1 aliphatic heterocycles. The number of anilines is 1.